The Kier molecular flexibility index (Phi) is 4.80. The summed E-state index contributed by atoms with van der Waals surface area (Å²) in [5, 5.41) is 9.26. The van der Waals surface area contributed by atoms with E-state index in [4.69, 9.17) is 4.42 Å². The predicted molar refractivity (Wildman–Crippen MR) is 71.3 cm³/mol. The molecule has 1 saturated heterocycles. The molecule has 1 aliphatic heterocycles. The molecular weight excluding hydrogens is 228 g/mol. The highest BCUT2D eigenvalue weighted by Crippen LogP contribution is 2.20. The average molecular weight is 252 g/mol. The molecule has 4 heteroatoms. The molecule has 0 aromatic carbocycles. The Bertz CT molecular complexity index is 340. The molecule has 1 aromatic heterocycles. The van der Waals surface area contributed by atoms with Crippen molar-refractivity contribution in [1.82, 2.24) is 9.80 Å². The summed E-state index contributed by atoms with van der Waals surface area (Å²) >= 11 is 0. The lowest BCUT2D eigenvalue weighted by Crippen LogP contribution is -2.43. The number of furan rings is 1. The van der Waals surface area contributed by atoms with Gasteiger partial charge in [-0.1, -0.05) is 0 Å². The Hall–Kier alpha value is -0.840. The number of aliphatic hydroxyl groups is 1. The number of rotatable bonds is 4. The van der Waals surface area contributed by atoms with Crippen LogP contribution in [0.5, 0.6) is 0 Å². The van der Waals surface area contributed by atoms with Crippen molar-refractivity contribution >= 4 is 0 Å². The Morgan fingerprint density at radius 2 is 2.33 bits per heavy atom. The van der Waals surface area contributed by atoms with Crippen LogP contribution in [0.2, 0.25) is 0 Å². The fraction of sp³-hybridized carbons (Fsp3) is 0.714. The van der Waals surface area contributed by atoms with Crippen LogP contribution in [-0.2, 0) is 6.54 Å². The molecule has 18 heavy (non-hydrogen) atoms. The molecule has 2 heterocycles. The van der Waals surface area contributed by atoms with Crippen LogP contribution in [0.3, 0.4) is 0 Å². The molecular formula is C14H24N2O2. The van der Waals surface area contributed by atoms with E-state index in [1.807, 2.05) is 12.1 Å². The van der Waals surface area contributed by atoms with Crippen molar-refractivity contribution < 1.29 is 9.52 Å². The maximum Gasteiger partial charge on any atom is 0.117 e. The van der Waals surface area contributed by atoms with E-state index < -0.39 is 0 Å². The fourth-order valence-corrected chi connectivity index (χ4v) is 2.76. The topological polar surface area (TPSA) is 39.9 Å². The molecule has 0 bridgehead atoms. The lowest BCUT2D eigenvalue weighted by molar-refractivity contribution is 0.102. The van der Waals surface area contributed by atoms with E-state index in [0.29, 0.717) is 12.1 Å². The van der Waals surface area contributed by atoms with Crippen molar-refractivity contribution in [3.05, 3.63) is 24.2 Å². The summed E-state index contributed by atoms with van der Waals surface area (Å²) in [4.78, 5) is 4.83. The standard InChI is InChI=1S/C14H24N2O2/c1-12-5-7-15(2)10-13(6-8-17)16(12)11-14-4-3-9-18-14/h3-4,9,12-13,17H,5-8,10-11H2,1-2H3. The zero-order chi connectivity index (χ0) is 13.0. The molecule has 1 N–H and O–H groups in total. The third-order valence-corrected chi connectivity index (χ3v) is 3.87. The van der Waals surface area contributed by atoms with Gasteiger partial charge >= 0.3 is 0 Å². The van der Waals surface area contributed by atoms with Gasteiger partial charge in [-0.2, -0.15) is 0 Å². The van der Waals surface area contributed by atoms with Gasteiger partial charge in [0.25, 0.3) is 0 Å². The van der Waals surface area contributed by atoms with Gasteiger partial charge in [0.05, 0.1) is 12.8 Å². The molecule has 0 radical (unpaired) electrons. The van der Waals surface area contributed by atoms with Gasteiger partial charge in [-0.15, -0.1) is 0 Å². The second kappa shape index (κ2) is 6.36. The van der Waals surface area contributed by atoms with Gasteiger partial charge < -0.3 is 14.4 Å². The van der Waals surface area contributed by atoms with Gasteiger partial charge in [-0.05, 0) is 45.5 Å². The summed E-state index contributed by atoms with van der Waals surface area (Å²) in [7, 11) is 2.16. The first-order chi connectivity index (χ1) is 8.70. The Balaban J connectivity index is 2.09. The van der Waals surface area contributed by atoms with E-state index in [1.54, 1.807) is 6.26 Å². The van der Waals surface area contributed by atoms with Gasteiger partial charge in [0.1, 0.15) is 5.76 Å². The van der Waals surface area contributed by atoms with Crippen LogP contribution in [0, 0.1) is 0 Å². The highest BCUT2D eigenvalue weighted by Gasteiger charge is 2.28. The summed E-state index contributed by atoms with van der Waals surface area (Å²) in [6.07, 6.45) is 3.72. The molecule has 2 unspecified atom stereocenters. The Labute approximate surface area is 109 Å². The maximum absolute atomic E-state index is 9.26. The van der Waals surface area contributed by atoms with Crippen molar-refractivity contribution in [3.63, 3.8) is 0 Å². The van der Waals surface area contributed by atoms with Crippen LogP contribution in [-0.4, -0.2) is 53.7 Å². The van der Waals surface area contributed by atoms with E-state index >= 15 is 0 Å². The fourth-order valence-electron chi connectivity index (χ4n) is 2.76. The molecule has 4 nitrogen and oxygen atoms in total. The molecule has 0 aliphatic carbocycles. The van der Waals surface area contributed by atoms with E-state index in [1.165, 1.54) is 6.42 Å². The van der Waals surface area contributed by atoms with Crippen molar-refractivity contribution in [3.8, 4) is 0 Å². The van der Waals surface area contributed by atoms with E-state index in [-0.39, 0.29) is 6.61 Å². The third kappa shape index (κ3) is 3.34. The third-order valence-electron chi connectivity index (χ3n) is 3.87. The first-order valence-corrected chi connectivity index (χ1v) is 6.78. The highest BCUT2D eigenvalue weighted by atomic mass is 16.3. The van der Waals surface area contributed by atoms with Crippen LogP contribution in [0.1, 0.15) is 25.5 Å². The average Bonchev–Trinajstić information content (AvgIpc) is 2.81. The number of aliphatic hydroxyl groups excluding tert-OH is 1. The Morgan fingerprint density at radius 3 is 3.00 bits per heavy atom. The van der Waals surface area contributed by atoms with Crippen molar-refractivity contribution in [2.75, 3.05) is 26.7 Å². The highest BCUT2D eigenvalue weighted by molar-refractivity contribution is 4.99. The minimum Gasteiger partial charge on any atom is -0.468 e. The summed E-state index contributed by atoms with van der Waals surface area (Å²) in [5.74, 6) is 1.01. The summed E-state index contributed by atoms with van der Waals surface area (Å²) in [5.41, 5.74) is 0. The van der Waals surface area contributed by atoms with Gasteiger partial charge in [-0.3, -0.25) is 4.90 Å². The molecule has 1 aromatic rings. The number of nitrogens with zero attached hydrogens (tertiary/aromatic N) is 2. The van der Waals surface area contributed by atoms with Gasteiger partial charge in [0, 0.05) is 25.2 Å². The van der Waals surface area contributed by atoms with Crippen LogP contribution >= 0.6 is 0 Å². The first-order valence-electron chi connectivity index (χ1n) is 6.78. The molecule has 0 amide bonds. The molecule has 0 spiro atoms. The zero-order valence-corrected chi connectivity index (χ0v) is 11.4. The molecule has 0 saturated carbocycles. The van der Waals surface area contributed by atoms with Crippen LogP contribution in [0.4, 0.5) is 0 Å². The van der Waals surface area contributed by atoms with Crippen LogP contribution in [0.15, 0.2) is 22.8 Å². The quantitative estimate of drug-likeness (QED) is 0.882. The van der Waals surface area contributed by atoms with Crippen molar-refractivity contribution in [2.45, 2.75) is 38.4 Å². The van der Waals surface area contributed by atoms with Crippen LogP contribution < -0.4 is 0 Å². The van der Waals surface area contributed by atoms with E-state index in [0.717, 1.165) is 31.8 Å². The van der Waals surface area contributed by atoms with Crippen molar-refractivity contribution in [2.24, 2.45) is 0 Å². The second-order valence-electron chi connectivity index (χ2n) is 5.32. The summed E-state index contributed by atoms with van der Waals surface area (Å²) in [6.45, 7) is 5.50. The molecule has 1 fully saturated rings. The normalized spacial score (nSPS) is 27.3. The van der Waals surface area contributed by atoms with Gasteiger partial charge in [0.15, 0.2) is 0 Å². The lowest BCUT2D eigenvalue weighted by atomic mass is 10.1. The monoisotopic (exact) mass is 252 g/mol. The molecule has 2 rings (SSSR count). The lowest BCUT2D eigenvalue weighted by Gasteiger charge is -2.33. The maximum atomic E-state index is 9.26. The smallest absolute Gasteiger partial charge is 0.117 e. The van der Waals surface area contributed by atoms with Gasteiger partial charge in [0.2, 0.25) is 0 Å². The second-order valence-corrected chi connectivity index (χ2v) is 5.32. The Morgan fingerprint density at radius 1 is 1.50 bits per heavy atom. The molecule has 2 atom stereocenters. The first kappa shape index (κ1) is 13.6. The summed E-state index contributed by atoms with van der Waals surface area (Å²) in [6, 6.07) is 4.89. The minimum atomic E-state index is 0.250. The summed E-state index contributed by atoms with van der Waals surface area (Å²) < 4.78 is 5.46. The van der Waals surface area contributed by atoms with E-state index in [9.17, 15) is 5.11 Å². The number of hydrogen-bond donors (Lipinski definition) is 1. The predicted octanol–water partition coefficient (Wildman–Crippen LogP) is 1.56. The largest absolute Gasteiger partial charge is 0.468 e. The number of hydrogen-bond acceptors (Lipinski definition) is 4. The zero-order valence-electron chi connectivity index (χ0n) is 11.4. The SMILES string of the molecule is CC1CCN(C)CC(CCO)N1Cc1ccco1. The van der Waals surface area contributed by atoms with Crippen molar-refractivity contribution in [1.29, 1.82) is 0 Å². The van der Waals surface area contributed by atoms with Gasteiger partial charge in [-0.25, -0.2) is 0 Å². The van der Waals surface area contributed by atoms with E-state index in [2.05, 4.69) is 23.8 Å². The molecule has 1 aliphatic rings. The molecule has 102 valence electrons. The van der Waals surface area contributed by atoms with Crippen LogP contribution in [0.25, 0.3) is 0 Å². The minimum absolute atomic E-state index is 0.250. The number of likely N-dealkylation sites (N-methyl/N-ethyl adjacent to an activating group) is 1.